The number of carbonyl (C=O) groups excluding carboxylic acids is 1. The summed E-state index contributed by atoms with van der Waals surface area (Å²) in [6.07, 6.45) is 2.97. The summed E-state index contributed by atoms with van der Waals surface area (Å²) in [5.74, 6) is 0.00881. The third kappa shape index (κ3) is 4.81. The molecule has 2 atom stereocenters. The Morgan fingerprint density at radius 2 is 2.04 bits per heavy atom. The van der Waals surface area contributed by atoms with Gasteiger partial charge in [0.1, 0.15) is 6.10 Å². The Morgan fingerprint density at radius 3 is 2.67 bits per heavy atom. The van der Waals surface area contributed by atoms with E-state index >= 15 is 0 Å². The summed E-state index contributed by atoms with van der Waals surface area (Å²) in [5.41, 5.74) is 3.23. The van der Waals surface area contributed by atoms with E-state index in [2.05, 4.69) is 18.2 Å². The molecule has 1 fully saturated rings. The molecular weight excluding hydrogens is 302 g/mol. The number of carbonyl (C=O) groups is 1. The van der Waals surface area contributed by atoms with Gasteiger partial charge in [-0.15, -0.1) is 0 Å². The van der Waals surface area contributed by atoms with E-state index in [9.17, 15) is 4.79 Å². The molecule has 0 aliphatic carbocycles. The molecule has 1 saturated heterocycles. The molecule has 0 radical (unpaired) electrons. The summed E-state index contributed by atoms with van der Waals surface area (Å²) in [6.45, 7) is 11.3. The Hall–Kier alpha value is -1.39. The van der Waals surface area contributed by atoms with Crippen LogP contribution in [0.2, 0.25) is 0 Å². The third-order valence-electron chi connectivity index (χ3n) is 4.53. The van der Waals surface area contributed by atoms with Crippen LogP contribution in [0.15, 0.2) is 18.2 Å². The highest BCUT2D eigenvalue weighted by Gasteiger charge is 2.27. The van der Waals surface area contributed by atoms with Gasteiger partial charge in [0.15, 0.2) is 0 Å². The second kappa shape index (κ2) is 8.63. The lowest BCUT2D eigenvalue weighted by atomic mass is 10.1. The van der Waals surface area contributed by atoms with Crippen LogP contribution in [0.25, 0.3) is 0 Å². The normalized spacial score (nSPS) is 19.3. The van der Waals surface area contributed by atoms with Gasteiger partial charge < -0.3 is 14.4 Å². The van der Waals surface area contributed by atoms with E-state index in [4.69, 9.17) is 9.47 Å². The number of hydrogen-bond donors (Lipinski definition) is 0. The lowest BCUT2D eigenvalue weighted by Crippen LogP contribution is -2.44. The summed E-state index contributed by atoms with van der Waals surface area (Å²) in [7, 11) is 0. The maximum absolute atomic E-state index is 13.0. The number of ether oxygens (including phenoxy) is 2. The van der Waals surface area contributed by atoms with Gasteiger partial charge in [0.25, 0.3) is 5.91 Å². The average molecular weight is 333 g/mol. The monoisotopic (exact) mass is 333 g/mol. The van der Waals surface area contributed by atoms with Gasteiger partial charge in [-0.3, -0.25) is 4.79 Å². The first-order valence-electron chi connectivity index (χ1n) is 9.03. The van der Waals surface area contributed by atoms with Crippen molar-refractivity contribution >= 4 is 11.6 Å². The first-order valence-corrected chi connectivity index (χ1v) is 9.03. The van der Waals surface area contributed by atoms with E-state index in [1.165, 1.54) is 6.42 Å². The quantitative estimate of drug-likeness (QED) is 0.789. The van der Waals surface area contributed by atoms with Crippen LogP contribution in [-0.2, 0) is 14.3 Å². The van der Waals surface area contributed by atoms with E-state index < -0.39 is 6.10 Å². The first kappa shape index (κ1) is 18.9. The lowest BCUT2D eigenvalue weighted by molar-refractivity contribution is -0.133. The van der Waals surface area contributed by atoms with Gasteiger partial charge >= 0.3 is 0 Å². The van der Waals surface area contributed by atoms with Crippen LogP contribution in [-0.4, -0.2) is 37.4 Å². The summed E-state index contributed by atoms with van der Waals surface area (Å²) in [5, 5.41) is 0. The Morgan fingerprint density at radius 1 is 1.29 bits per heavy atom. The van der Waals surface area contributed by atoms with Gasteiger partial charge in [0.2, 0.25) is 0 Å². The fraction of sp³-hybridized carbons (Fsp3) is 0.650. The standard InChI is InChI=1S/C20H31NO3/c1-14(2)21(19-12-15(3)9-10-16(19)4)20(22)17(5)24-13-18-8-6-7-11-23-18/h9-10,12,14,17-18H,6-8,11,13H2,1-5H3. The molecule has 1 aliphatic heterocycles. The van der Waals surface area contributed by atoms with Crippen molar-refractivity contribution in [3.8, 4) is 0 Å². The predicted octanol–water partition coefficient (Wildman–Crippen LogP) is 4.02. The van der Waals surface area contributed by atoms with Gasteiger partial charge in [0.05, 0.1) is 12.7 Å². The Balaban J connectivity index is 2.06. The van der Waals surface area contributed by atoms with Gasteiger partial charge in [-0.05, 0) is 71.1 Å². The molecule has 4 heteroatoms. The van der Waals surface area contributed by atoms with Crippen molar-refractivity contribution in [2.24, 2.45) is 0 Å². The number of nitrogens with zero attached hydrogens (tertiary/aromatic N) is 1. The maximum Gasteiger partial charge on any atom is 0.256 e. The smallest absolute Gasteiger partial charge is 0.256 e. The molecule has 2 unspecified atom stereocenters. The molecule has 1 heterocycles. The van der Waals surface area contributed by atoms with E-state index in [0.29, 0.717) is 6.61 Å². The van der Waals surface area contributed by atoms with Gasteiger partial charge in [0, 0.05) is 18.3 Å². The average Bonchev–Trinajstić information content (AvgIpc) is 2.56. The molecule has 24 heavy (non-hydrogen) atoms. The minimum absolute atomic E-state index is 0.00881. The van der Waals surface area contributed by atoms with Crippen molar-refractivity contribution < 1.29 is 14.3 Å². The van der Waals surface area contributed by atoms with E-state index in [0.717, 1.165) is 36.3 Å². The predicted molar refractivity (Wildman–Crippen MR) is 97.5 cm³/mol. The summed E-state index contributed by atoms with van der Waals surface area (Å²) < 4.78 is 11.5. The SMILES string of the molecule is Cc1ccc(C)c(N(C(=O)C(C)OCC2CCCCO2)C(C)C)c1. The Bertz CT molecular complexity index is 550. The second-order valence-corrected chi connectivity index (χ2v) is 7.06. The molecule has 1 amide bonds. The van der Waals surface area contributed by atoms with Crippen LogP contribution >= 0.6 is 0 Å². The first-order chi connectivity index (χ1) is 11.4. The molecule has 4 nitrogen and oxygen atoms in total. The van der Waals surface area contributed by atoms with Crippen molar-refractivity contribution in [2.45, 2.75) is 72.1 Å². The maximum atomic E-state index is 13.0. The zero-order valence-electron chi connectivity index (χ0n) is 15.7. The zero-order chi connectivity index (χ0) is 17.7. The van der Waals surface area contributed by atoms with E-state index in [1.807, 2.05) is 39.5 Å². The molecule has 0 saturated carbocycles. The highest BCUT2D eigenvalue weighted by Crippen LogP contribution is 2.25. The number of benzene rings is 1. The van der Waals surface area contributed by atoms with Crippen molar-refractivity contribution in [3.05, 3.63) is 29.3 Å². The number of anilines is 1. The fourth-order valence-electron chi connectivity index (χ4n) is 3.09. The van der Waals surface area contributed by atoms with E-state index in [-0.39, 0.29) is 18.1 Å². The molecule has 134 valence electrons. The highest BCUT2D eigenvalue weighted by molar-refractivity contribution is 5.97. The molecule has 0 bridgehead atoms. The van der Waals surface area contributed by atoms with Crippen LogP contribution in [0, 0.1) is 13.8 Å². The lowest BCUT2D eigenvalue weighted by Gasteiger charge is -2.32. The minimum Gasteiger partial charge on any atom is -0.376 e. The largest absolute Gasteiger partial charge is 0.376 e. The van der Waals surface area contributed by atoms with Gasteiger partial charge in [-0.25, -0.2) is 0 Å². The molecule has 1 aromatic carbocycles. The Kier molecular flexibility index (Phi) is 6.81. The summed E-state index contributed by atoms with van der Waals surface area (Å²) in [4.78, 5) is 14.8. The minimum atomic E-state index is -0.474. The molecule has 0 aromatic heterocycles. The van der Waals surface area contributed by atoms with Crippen LogP contribution in [0.1, 0.15) is 51.2 Å². The van der Waals surface area contributed by atoms with Crippen LogP contribution in [0.3, 0.4) is 0 Å². The van der Waals surface area contributed by atoms with Crippen molar-refractivity contribution in [2.75, 3.05) is 18.1 Å². The van der Waals surface area contributed by atoms with Crippen LogP contribution in [0.5, 0.6) is 0 Å². The highest BCUT2D eigenvalue weighted by atomic mass is 16.5. The molecule has 1 aromatic rings. The van der Waals surface area contributed by atoms with Crippen molar-refractivity contribution in [1.29, 1.82) is 0 Å². The molecule has 2 rings (SSSR count). The van der Waals surface area contributed by atoms with Gasteiger partial charge in [-0.1, -0.05) is 12.1 Å². The molecule has 0 N–H and O–H groups in total. The number of rotatable bonds is 6. The van der Waals surface area contributed by atoms with Crippen LogP contribution in [0.4, 0.5) is 5.69 Å². The van der Waals surface area contributed by atoms with Crippen molar-refractivity contribution in [3.63, 3.8) is 0 Å². The van der Waals surface area contributed by atoms with E-state index in [1.54, 1.807) is 0 Å². The summed E-state index contributed by atoms with van der Waals surface area (Å²) >= 11 is 0. The Labute approximate surface area is 146 Å². The number of amides is 1. The van der Waals surface area contributed by atoms with Crippen molar-refractivity contribution in [1.82, 2.24) is 0 Å². The summed E-state index contributed by atoms with van der Waals surface area (Å²) in [6, 6.07) is 6.29. The zero-order valence-corrected chi connectivity index (χ0v) is 15.7. The molecule has 0 spiro atoms. The van der Waals surface area contributed by atoms with Gasteiger partial charge in [-0.2, -0.15) is 0 Å². The third-order valence-corrected chi connectivity index (χ3v) is 4.53. The molecular formula is C20H31NO3. The van der Waals surface area contributed by atoms with Crippen LogP contribution < -0.4 is 4.90 Å². The number of hydrogen-bond acceptors (Lipinski definition) is 3. The fourth-order valence-corrected chi connectivity index (χ4v) is 3.09. The second-order valence-electron chi connectivity index (χ2n) is 7.06. The topological polar surface area (TPSA) is 38.8 Å². The number of aryl methyl sites for hydroxylation is 2. The molecule has 1 aliphatic rings.